The highest BCUT2D eigenvalue weighted by Gasteiger charge is 2.08. The number of aromatic nitrogens is 1. The minimum absolute atomic E-state index is 0.502. The maximum Gasteiger partial charge on any atom is 0.137 e. The normalized spacial score (nSPS) is 9.69. The van der Waals surface area contributed by atoms with Crippen molar-refractivity contribution < 1.29 is 0 Å². The molecule has 2 nitrogen and oxygen atoms in total. The van der Waals surface area contributed by atoms with Crippen LogP contribution in [-0.4, -0.2) is 4.98 Å². The van der Waals surface area contributed by atoms with Crippen LogP contribution in [0.15, 0.2) is 0 Å². The van der Waals surface area contributed by atoms with Crippen molar-refractivity contribution in [2.75, 3.05) is 5.73 Å². The molecule has 0 spiro atoms. The average molecular weight is 200 g/mol. The second kappa shape index (κ2) is 5.97. The summed E-state index contributed by atoms with van der Waals surface area (Å²) < 4.78 is 0. The van der Waals surface area contributed by atoms with Crippen molar-refractivity contribution in [3.63, 3.8) is 0 Å². The van der Waals surface area contributed by atoms with Crippen LogP contribution >= 0.6 is 11.3 Å². The fourth-order valence-corrected chi connectivity index (χ4v) is 1.81. The van der Waals surface area contributed by atoms with Gasteiger partial charge in [-0.1, -0.05) is 34.6 Å². The van der Waals surface area contributed by atoms with Crippen LogP contribution in [0.25, 0.3) is 0 Å². The minimum atomic E-state index is 0.502. The number of hydrogen-bond donors (Lipinski definition) is 1. The molecule has 0 radical (unpaired) electrons. The van der Waals surface area contributed by atoms with Gasteiger partial charge in [0, 0.05) is 10.8 Å². The quantitative estimate of drug-likeness (QED) is 0.794. The summed E-state index contributed by atoms with van der Waals surface area (Å²) in [5.74, 6) is 1.23. The van der Waals surface area contributed by atoms with Crippen molar-refractivity contribution in [2.45, 2.75) is 47.0 Å². The Hall–Kier alpha value is -0.570. The molecule has 0 aliphatic rings. The molecule has 0 saturated heterocycles. The standard InChI is InChI=1S/C8H14N2S.C2H6/c1-4-6-7(9)10-8(11-6)5(2)3;1-2/h5H,4,9H2,1-3H3;1-2H3. The second-order valence-corrected chi connectivity index (χ2v) is 3.98. The van der Waals surface area contributed by atoms with Gasteiger partial charge in [-0.3, -0.25) is 0 Å². The molecule has 0 bridgehead atoms. The predicted octanol–water partition coefficient (Wildman–Crippen LogP) is 3.44. The SMILES string of the molecule is CC.CCc1sc(C(C)C)nc1N. The van der Waals surface area contributed by atoms with Crippen LogP contribution in [0, 0.1) is 0 Å². The molecule has 3 heteroatoms. The lowest BCUT2D eigenvalue weighted by Gasteiger charge is -1.94. The van der Waals surface area contributed by atoms with E-state index in [2.05, 4.69) is 25.8 Å². The summed E-state index contributed by atoms with van der Waals surface area (Å²) in [6, 6.07) is 0. The molecular weight excluding hydrogens is 180 g/mol. The number of nitrogens with two attached hydrogens (primary N) is 1. The molecule has 0 amide bonds. The van der Waals surface area contributed by atoms with Crippen LogP contribution in [0.3, 0.4) is 0 Å². The number of thiazole rings is 1. The third kappa shape index (κ3) is 3.35. The fourth-order valence-electron chi connectivity index (χ4n) is 0.883. The van der Waals surface area contributed by atoms with Crippen LogP contribution in [0.1, 0.15) is 50.4 Å². The van der Waals surface area contributed by atoms with Crippen molar-refractivity contribution in [2.24, 2.45) is 0 Å². The first-order chi connectivity index (χ1) is 6.15. The van der Waals surface area contributed by atoms with Gasteiger partial charge in [0.1, 0.15) is 5.82 Å². The molecule has 76 valence electrons. The van der Waals surface area contributed by atoms with Gasteiger partial charge in [0.2, 0.25) is 0 Å². The average Bonchev–Trinajstić information content (AvgIpc) is 2.50. The Morgan fingerprint density at radius 2 is 1.92 bits per heavy atom. The molecule has 1 aromatic rings. The molecule has 1 aromatic heterocycles. The van der Waals surface area contributed by atoms with Crippen LogP contribution in [0.5, 0.6) is 0 Å². The van der Waals surface area contributed by atoms with Gasteiger partial charge in [-0.25, -0.2) is 4.98 Å². The number of rotatable bonds is 2. The molecule has 1 rings (SSSR count). The van der Waals surface area contributed by atoms with E-state index in [4.69, 9.17) is 5.73 Å². The van der Waals surface area contributed by atoms with Gasteiger partial charge in [0.05, 0.1) is 5.01 Å². The molecule has 0 fully saturated rings. The molecule has 0 aliphatic carbocycles. The molecule has 0 atom stereocenters. The Morgan fingerprint density at radius 3 is 2.15 bits per heavy atom. The Balaban J connectivity index is 0.000000671. The minimum Gasteiger partial charge on any atom is -0.383 e. The zero-order chi connectivity index (χ0) is 10.4. The van der Waals surface area contributed by atoms with E-state index in [-0.39, 0.29) is 0 Å². The highest BCUT2D eigenvalue weighted by Crippen LogP contribution is 2.26. The number of aryl methyl sites for hydroxylation is 1. The summed E-state index contributed by atoms with van der Waals surface area (Å²) in [4.78, 5) is 5.49. The molecule has 1 heterocycles. The van der Waals surface area contributed by atoms with Crippen molar-refractivity contribution in [1.29, 1.82) is 0 Å². The molecule has 2 N–H and O–H groups in total. The molecule has 0 saturated carbocycles. The topological polar surface area (TPSA) is 38.9 Å². The van der Waals surface area contributed by atoms with Crippen LogP contribution in [-0.2, 0) is 6.42 Å². The van der Waals surface area contributed by atoms with E-state index in [1.165, 1.54) is 4.88 Å². The van der Waals surface area contributed by atoms with Gasteiger partial charge in [0.15, 0.2) is 0 Å². The number of nitrogen functional groups attached to an aromatic ring is 1. The van der Waals surface area contributed by atoms with E-state index < -0.39 is 0 Å². The Morgan fingerprint density at radius 1 is 1.38 bits per heavy atom. The summed E-state index contributed by atoms with van der Waals surface area (Å²) in [7, 11) is 0. The molecule has 13 heavy (non-hydrogen) atoms. The molecule has 0 aromatic carbocycles. The second-order valence-electron chi connectivity index (χ2n) is 2.87. The lowest BCUT2D eigenvalue weighted by atomic mass is 10.2. The molecule has 0 aliphatic heterocycles. The largest absolute Gasteiger partial charge is 0.383 e. The van der Waals surface area contributed by atoms with E-state index in [1.54, 1.807) is 11.3 Å². The van der Waals surface area contributed by atoms with E-state index in [1.807, 2.05) is 13.8 Å². The zero-order valence-corrected chi connectivity index (χ0v) is 10.0. The van der Waals surface area contributed by atoms with Gasteiger partial charge in [-0.15, -0.1) is 11.3 Å². The van der Waals surface area contributed by atoms with Gasteiger partial charge in [-0.05, 0) is 6.42 Å². The summed E-state index contributed by atoms with van der Waals surface area (Å²) in [6.07, 6.45) is 0.996. The highest BCUT2D eigenvalue weighted by molar-refractivity contribution is 7.12. The van der Waals surface area contributed by atoms with Crippen LogP contribution in [0.2, 0.25) is 0 Å². The van der Waals surface area contributed by atoms with E-state index in [0.717, 1.165) is 17.2 Å². The first kappa shape index (κ1) is 12.4. The van der Waals surface area contributed by atoms with E-state index >= 15 is 0 Å². The van der Waals surface area contributed by atoms with Crippen molar-refractivity contribution in [3.05, 3.63) is 9.88 Å². The maximum atomic E-state index is 5.69. The molecular formula is C10H20N2S. The third-order valence-electron chi connectivity index (χ3n) is 1.56. The summed E-state index contributed by atoms with van der Waals surface area (Å²) in [5.41, 5.74) is 5.69. The zero-order valence-electron chi connectivity index (χ0n) is 9.22. The summed E-state index contributed by atoms with van der Waals surface area (Å²) >= 11 is 1.73. The monoisotopic (exact) mass is 200 g/mol. The Kier molecular flexibility index (Phi) is 5.71. The predicted molar refractivity (Wildman–Crippen MR) is 61.3 cm³/mol. The van der Waals surface area contributed by atoms with E-state index in [0.29, 0.717) is 5.92 Å². The van der Waals surface area contributed by atoms with Crippen LogP contribution in [0.4, 0.5) is 5.82 Å². The van der Waals surface area contributed by atoms with Gasteiger partial charge < -0.3 is 5.73 Å². The number of nitrogens with zero attached hydrogens (tertiary/aromatic N) is 1. The number of anilines is 1. The van der Waals surface area contributed by atoms with Crippen LogP contribution < -0.4 is 5.73 Å². The number of hydrogen-bond acceptors (Lipinski definition) is 3. The van der Waals surface area contributed by atoms with Crippen molar-refractivity contribution in [3.8, 4) is 0 Å². The third-order valence-corrected chi connectivity index (χ3v) is 3.08. The Labute approximate surface area is 85.2 Å². The highest BCUT2D eigenvalue weighted by atomic mass is 32.1. The van der Waals surface area contributed by atoms with Gasteiger partial charge in [0.25, 0.3) is 0 Å². The fraction of sp³-hybridized carbons (Fsp3) is 0.700. The lowest BCUT2D eigenvalue weighted by molar-refractivity contribution is 0.854. The van der Waals surface area contributed by atoms with Gasteiger partial charge >= 0.3 is 0 Å². The summed E-state index contributed by atoms with van der Waals surface area (Å²) in [5, 5.41) is 1.15. The lowest BCUT2D eigenvalue weighted by Crippen LogP contribution is -1.90. The smallest absolute Gasteiger partial charge is 0.137 e. The first-order valence-electron chi connectivity index (χ1n) is 4.90. The van der Waals surface area contributed by atoms with Gasteiger partial charge in [-0.2, -0.15) is 0 Å². The summed E-state index contributed by atoms with van der Waals surface area (Å²) in [6.45, 7) is 10.4. The Bertz CT molecular complexity index is 241. The first-order valence-corrected chi connectivity index (χ1v) is 5.71. The van der Waals surface area contributed by atoms with E-state index in [9.17, 15) is 0 Å². The van der Waals surface area contributed by atoms with Crippen molar-refractivity contribution in [1.82, 2.24) is 4.98 Å². The van der Waals surface area contributed by atoms with Crippen molar-refractivity contribution >= 4 is 17.2 Å². The maximum absolute atomic E-state index is 5.69. The molecule has 0 unspecified atom stereocenters.